The Balaban J connectivity index is -0.000000806. The molecule has 0 amide bonds. The van der Waals surface area contributed by atoms with Gasteiger partial charge in [0.25, 0.3) is 0 Å². The second kappa shape index (κ2) is 44.3. The van der Waals surface area contributed by atoms with E-state index < -0.39 is 12.1 Å². The van der Waals surface area contributed by atoms with Crippen molar-refractivity contribution in [2.75, 3.05) is 13.2 Å². The molecule has 1 unspecified atom stereocenters. The van der Waals surface area contributed by atoms with Crippen LogP contribution in [0.25, 0.3) is 0 Å². The number of carbonyl (C=O) groups is 2. The number of aliphatic carboxylic acids is 1. The number of carbonyl (C=O) groups excluding carboxylic acids is 2. The average molecular weight is 661 g/mol. The largest absolute Gasteiger partial charge is 1.00 e. The van der Waals surface area contributed by atoms with Crippen LogP contribution in [0.1, 0.15) is 194 Å². The minimum atomic E-state index is -0.960. The average Bonchev–Trinajstić information content (AvgIpc) is 3.03. The molecule has 0 spiro atoms. The van der Waals surface area contributed by atoms with Crippen LogP contribution in [0.4, 0.5) is 0 Å². The molecular weight excluding hydrogens is 587 g/mol. The molecule has 6 nitrogen and oxygen atoms in total. The van der Waals surface area contributed by atoms with E-state index in [-0.39, 0.29) is 55.2 Å². The summed E-state index contributed by atoms with van der Waals surface area (Å²) in [7, 11) is 0. The van der Waals surface area contributed by atoms with Gasteiger partial charge in [-0.3, -0.25) is 4.79 Å². The van der Waals surface area contributed by atoms with E-state index in [0.717, 1.165) is 44.9 Å². The molecule has 7 heteroatoms. The minimum Gasteiger partial charge on any atom is -0.550 e. The molecule has 1 atom stereocenters. The number of rotatable bonds is 33. The zero-order valence-corrected chi connectivity index (χ0v) is 32.6. The van der Waals surface area contributed by atoms with Crippen molar-refractivity contribution < 1.29 is 59.2 Å². The first-order valence-corrected chi connectivity index (χ1v) is 18.9. The summed E-state index contributed by atoms with van der Waals surface area (Å²) in [6.45, 7) is 4.02. The van der Waals surface area contributed by atoms with Gasteiger partial charge in [0.1, 0.15) is 12.7 Å². The molecule has 0 saturated heterocycles. The molecule has 2 N–H and O–H groups in total. The first-order valence-electron chi connectivity index (χ1n) is 18.9. The Bertz CT molecular complexity index is 667. The van der Waals surface area contributed by atoms with E-state index in [1.165, 1.54) is 122 Å². The number of aliphatic hydroxyl groups excluding tert-OH is 2. The summed E-state index contributed by atoms with van der Waals surface area (Å²) in [5.74, 6) is -1.20. The monoisotopic (exact) mass is 661 g/mol. The molecule has 46 heavy (non-hydrogen) atoms. The summed E-state index contributed by atoms with van der Waals surface area (Å²) in [5.41, 5.74) is 0. The number of hydrogen-bond acceptors (Lipinski definition) is 6. The van der Waals surface area contributed by atoms with Crippen molar-refractivity contribution in [2.24, 2.45) is 0 Å². The number of hydrogen-bond donors (Lipinski definition) is 2. The number of carboxylic acid groups (broad SMARTS) is 1. The van der Waals surface area contributed by atoms with E-state index in [2.05, 4.69) is 38.2 Å². The van der Waals surface area contributed by atoms with Gasteiger partial charge >= 0.3 is 35.5 Å². The van der Waals surface area contributed by atoms with Crippen LogP contribution in [0.5, 0.6) is 0 Å². The van der Waals surface area contributed by atoms with Crippen molar-refractivity contribution in [1.29, 1.82) is 0 Å². The summed E-state index contributed by atoms with van der Waals surface area (Å²) in [5, 5.41) is 27.9. The van der Waals surface area contributed by atoms with Crippen LogP contribution in [0, 0.1) is 0 Å². The number of unbranched alkanes of at least 4 members (excludes halogenated alkanes) is 22. The van der Waals surface area contributed by atoms with E-state index in [4.69, 9.17) is 14.9 Å². The van der Waals surface area contributed by atoms with Crippen molar-refractivity contribution in [2.45, 2.75) is 200 Å². The van der Waals surface area contributed by atoms with Gasteiger partial charge in [-0.25, -0.2) is 0 Å². The van der Waals surface area contributed by atoms with E-state index in [1.807, 2.05) is 0 Å². The Kier molecular flexibility index (Phi) is 47.9. The Hall–Kier alpha value is -0.660. The van der Waals surface area contributed by atoms with Crippen LogP contribution >= 0.6 is 0 Å². The van der Waals surface area contributed by atoms with Crippen molar-refractivity contribution >= 4 is 11.9 Å². The minimum absolute atomic E-state index is 0. The van der Waals surface area contributed by atoms with Crippen molar-refractivity contribution in [3.8, 4) is 0 Å². The molecule has 0 aliphatic rings. The van der Waals surface area contributed by atoms with Gasteiger partial charge in [-0.15, -0.1) is 0 Å². The smallest absolute Gasteiger partial charge is 0.550 e. The standard InChI is InChI=1S/C21H40O4.C18H34O2.Na/c1-2-3-4-5-6-7-8-9-10-11-12-13-14-15-16-17-21(24)25-19-20(23)18-22;1-2-3-4-5-6-7-8-9-10-11-12-13-14-15-16-17-18(19)20;/h9-10,20,22-23H,2-8,11-19H2,1H3;9-10H,2-8,11-17H2,1H3,(H,19,20);/q;;+1/p-1. The first-order chi connectivity index (χ1) is 22.0. The maximum Gasteiger partial charge on any atom is 1.00 e. The molecule has 0 saturated carbocycles. The number of esters is 1. The summed E-state index contributed by atoms with van der Waals surface area (Å²) in [6, 6.07) is 0. The first kappa shape index (κ1) is 49.7. The third-order valence-electron chi connectivity index (χ3n) is 7.93. The summed E-state index contributed by atoms with van der Waals surface area (Å²) in [6.07, 6.45) is 41.0. The zero-order chi connectivity index (χ0) is 33.5. The molecule has 0 bridgehead atoms. The van der Waals surface area contributed by atoms with Gasteiger partial charge in [-0.1, -0.05) is 141 Å². The van der Waals surface area contributed by atoms with Crippen LogP contribution in [-0.4, -0.2) is 41.5 Å². The van der Waals surface area contributed by atoms with Crippen LogP contribution in [0.3, 0.4) is 0 Å². The molecule has 0 aromatic heterocycles. The molecule has 0 aliphatic carbocycles. The van der Waals surface area contributed by atoms with Crippen molar-refractivity contribution in [3.63, 3.8) is 0 Å². The second-order valence-electron chi connectivity index (χ2n) is 12.6. The van der Waals surface area contributed by atoms with Gasteiger partial charge in [-0.2, -0.15) is 0 Å². The van der Waals surface area contributed by atoms with Gasteiger partial charge in [0, 0.05) is 12.4 Å². The Morgan fingerprint density at radius 3 is 1.24 bits per heavy atom. The summed E-state index contributed by atoms with van der Waals surface area (Å²) >= 11 is 0. The van der Waals surface area contributed by atoms with E-state index in [9.17, 15) is 14.7 Å². The van der Waals surface area contributed by atoms with Crippen LogP contribution in [0.2, 0.25) is 0 Å². The topological polar surface area (TPSA) is 107 Å². The molecule has 266 valence electrons. The Morgan fingerprint density at radius 1 is 0.565 bits per heavy atom. The second-order valence-corrected chi connectivity index (χ2v) is 12.6. The van der Waals surface area contributed by atoms with Gasteiger partial charge in [-0.05, 0) is 70.6 Å². The summed E-state index contributed by atoms with van der Waals surface area (Å²) in [4.78, 5) is 21.6. The normalized spacial score (nSPS) is 11.7. The number of allylic oxidation sites excluding steroid dienone is 4. The number of ether oxygens (including phenoxy) is 1. The fourth-order valence-electron chi connectivity index (χ4n) is 4.99. The van der Waals surface area contributed by atoms with Crippen molar-refractivity contribution in [1.82, 2.24) is 0 Å². The quantitative estimate of drug-likeness (QED) is 0.0351. The van der Waals surface area contributed by atoms with Gasteiger partial charge in [0.05, 0.1) is 6.61 Å². The molecule has 0 rings (SSSR count). The van der Waals surface area contributed by atoms with Gasteiger partial charge in [0.15, 0.2) is 0 Å². The van der Waals surface area contributed by atoms with Gasteiger partial charge < -0.3 is 24.9 Å². The third-order valence-corrected chi connectivity index (χ3v) is 7.93. The fourth-order valence-corrected chi connectivity index (χ4v) is 4.99. The van der Waals surface area contributed by atoms with Crippen molar-refractivity contribution in [3.05, 3.63) is 24.3 Å². The van der Waals surface area contributed by atoms with E-state index in [1.54, 1.807) is 0 Å². The molecule has 0 aromatic rings. The Labute approximate surface area is 306 Å². The molecule has 0 aliphatic heterocycles. The summed E-state index contributed by atoms with van der Waals surface area (Å²) < 4.78 is 4.86. The third kappa shape index (κ3) is 47.7. The molecule has 0 aromatic carbocycles. The molecule has 0 heterocycles. The SMILES string of the molecule is CCCCCCCCC=CCCCCCCCC(=O)OCC(O)CO.CCCCCCCCC=CCCCCCCCC(=O)[O-].[Na+]. The predicted octanol–water partition coefficient (Wildman–Crippen LogP) is 6.70. The molecule has 0 fully saturated rings. The predicted molar refractivity (Wildman–Crippen MR) is 188 cm³/mol. The Morgan fingerprint density at radius 2 is 0.891 bits per heavy atom. The molecular formula is C39H73NaO6. The molecule has 0 radical (unpaired) electrons. The zero-order valence-electron chi connectivity index (χ0n) is 30.6. The van der Waals surface area contributed by atoms with Gasteiger partial charge in [0.2, 0.25) is 0 Å². The van der Waals surface area contributed by atoms with E-state index >= 15 is 0 Å². The van der Waals surface area contributed by atoms with Crippen LogP contribution in [-0.2, 0) is 14.3 Å². The van der Waals surface area contributed by atoms with E-state index in [0.29, 0.717) is 6.42 Å². The van der Waals surface area contributed by atoms with Crippen LogP contribution < -0.4 is 34.7 Å². The number of aliphatic hydroxyl groups is 2. The fraction of sp³-hybridized carbons (Fsp3) is 0.846. The van der Waals surface area contributed by atoms with Crippen LogP contribution in [0.15, 0.2) is 24.3 Å². The maximum atomic E-state index is 11.4. The maximum absolute atomic E-state index is 11.4. The number of carboxylic acids is 1.